The molecule has 7 nitrogen and oxygen atoms in total. The lowest BCUT2D eigenvalue weighted by Crippen LogP contribution is -2.33. The summed E-state index contributed by atoms with van der Waals surface area (Å²) in [6.07, 6.45) is -0.328. The third-order valence-electron chi connectivity index (χ3n) is 6.72. The maximum atomic E-state index is 13.9. The van der Waals surface area contributed by atoms with Crippen molar-refractivity contribution in [1.82, 2.24) is 4.57 Å². The van der Waals surface area contributed by atoms with Gasteiger partial charge in [0.1, 0.15) is 11.4 Å². The standard InChI is InChI=1S/C31H39FNO6P/c1-21(2)28-20-27(22-10-8-7-9-11-22)30(23-12-14-24(32)15-13-23)33(28)17-16-25-18-26(39-40(35,36-6)38-25)19-29(34)37-31(3,4)5/h7-15,20-21,25-26H,16-19H2,1-6H3/t25-,26-,40?/m1/s1. The monoisotopic (exact) mass is 571 g/mol. The molecule has 1 aliphatic rings. The van der Waals surface area contributed by atoms with Crippen molar-refractivity contribution in [3.05, 3.63) is 72.2 Å². The van der Waals surface area contributed by atoms with Crippen LogP contribution in [0.25, 0.3) is 22.4 Å². The molecule has 0 amide bonds. The predicted molar refractivity (Wildman–Crippen MR) is 153 cm³/mol. The second kappa shape index (κ2) is 12.4. The maximum absolute atomic E-state index is 13.9. The first-order valence-corrected chi connectivity index (χ1v) is 15.1. The van der Waals surface area contributed by atoms with Crippen LogP contribution in [0.1, 0.15) is 65.5 Å². The molecule has 4 rings (SSSR count). The van der Waals surface area contributed by atoms with Gasteiger partial charge in [-0.25, -0.2) is 8.96 Å². The number of phosphoric ester groups is 1. The fourth-order valence-electron chi connectivity index (χ4n) is 5.03. The summed E-state index contributed by atoms with van der Waals surface area (Å²) in [5.74, 6) is -0.522. The van der Waals surface area contributed by atoms with Crippen LogP contribution in [0.4, 0.5) is 4.39 Å². The highest BCUT2D eigenvalue weighted by Crippen LogP contribution is 2.56. The number of hydrogen-bond donors (Lipinski definition) is 0. The summed E-state index contributed by atoms with van der Waals surface area (Å²) in [6.45, 7) is 10.2. The summed E-state index contributed by atoms with van der Waals surface area (Å²) in [5.41, 5.74) is 4.46. The zero-order chi connectivity index (χ0) is 29.1. The van der Waals surface area contributed by atoms with Crippen LogP contribution in [0.2, 0.25) is 0 Å². The average Bonchev–Trinajstić information content (AvgIpc) is 3.27. The normalized spacial score (nSPS) is 21.5. The van der Waals surface area contributed by atoms with Crippen molar-refractivity contribution >= 4 is 13.8 Å². The number of rotatable bonds is 9. The molecular formula is C31H39FNO6P. The second-order valence-corrected chi connectivity index (χ2v) is 13.1. The van der Waals surface area contributed by atoms with E-state index in [1.807, 2.05) is 18.2 Å². The zero-order valence-corrected chi connectivity index (χ0v) is 25.0. The minimum absolute atomic E-state index is 0.0514. The Labute approximate surface area is 236 Å². The Bertz CT molecular complexity index is 1350. The Kier molecular flexibility index (Phi) is 9.36. The Morgan fingerprint density at radius 2 is 1.70 bits per heavy atom. The van der Waals surface area contributed by atoms with E-state index in [0.717, 1.165) is 28.1 Å². The molecule has 0 aliphatic carbocycles. The van der Waals surface area contributed by atoms with Gasteiger partial charge in [0.05, 0.1) is 24.3 Å². The molecule has 0 saturated carbocycles. The fourth-order valence-corrected chi connectivity index (χ4v) is 6.34. The molecule has 0 N–H and O–H groups in total. The van der Waals surface area contributed by atoms with Crippen LogP contribution in [0.5, 0.6) is 0 Å². The summed E-state index contributed by atoms with van der Waals surface area (Å²) in [5, 5.41) is 0. The molecule has 1 fully saturated rings. The SMILES string of the molecule is COP1(=O)O[C@H](CCn2c(C(C)C)cc(-c3ccccc3)c2-c2ccc(F)cc2)C[C@H](CC(=O)OC(C)(C)C)O1. The van der Waals surface area contributed by atoms with Crippen LogP contribution >= 0.6 is 7.82 Å². The lowest BCUT2D eigenvalue weighted by molar-refractivity contribution is -0.157. The van der Waals surface area contributed by atoms with Gasteiger partial charge in [0.25, 0.3) is 0 Å². The lowest BCUT2D eigenvalue weighted by Gasteiger charge is -2.34. The molecule has 1 aromatic heterocycles. The van der Waals surface area contributed by atoms with E-state index in [9.17, 15) is 13.8 Å². The van der Waals surface area contributed by atoms with Gasteiger partial charge in [-0.1, -0.05) is 44.2 Å². The number of halogens is 1. The van der Waals surface area contributed by atoms with Gasteiger partial charge in [0, 0.05) is 31.3 Å². The van der Waals surface area contributed by atoms with E-state index in [0.29, 0.717) is 19.4 Å². The molecule has 1 aliphatic heterocycles. The Morgan fingerprint density at radius 1 is 1.05 bits per heavy atom. The van der Waals surface area contributed by atoms with Crippen LogP contribution < -0.4 is 0 Å². The van der Waals surface area contributed by atoms with Crippen molar-refractivity contribution in [1.29, 1.82) is 0 Å². The molecule has 0 bridgehead atoms. The minimum Gasteiger partial charge on any atom is -0.460 e. The molecule has 3 aromatic rings. The predicted octanol–water partition coefficient (Wildman–Crippen LogP) is 8.14. The van der Waals surface area contributed by atoms with Gasteiger partial charge in [-0.05, 0) is 74.6 Å². The highest BCUT2D eigenvalue weighted by molar-refractivity contribution is 7.48. The summed E-state index contributed by atoms with van der Waals surface area (Å²) >= 11 is 0. The molecule has 0 radical (unpaired) electrons. The van der Waals surface area contributed by atoms with Crippen LogP contribution in [-0.4, -0.2) is 35.5 Å². The molecule has 3 atom stereocenters. The molecule has 2 aromatic carbocycles. The first kappa shape index (κ1) is 30.2. The van der Waals surface area contributed by atoms with E-state index in [-0.39, 0.29) is 18.2 Å². The van der Waals surface area contributed by atoms with E-state index < -0.39 is 31.6 Å². The fraction of sp³-hybridized carbons (Fsp3) is 0.452. The highest BCUT2D eigenvalue weighted by atomic mass is 31.2. The summed E-state index contributed by atoms with van der Waals surface area (Å²) in [7, 11) is -2.57. The van der Waals surface area contributed by atoms with E-state index in [1.54, 1.807) is 32.9 Å². The van der Waals surface area contributed by atoms with Crippen LogP contribution in [0, 0.1) is 5.82 Å². The third-order valence-corrected chi connectivity index (χ3v) is 8.28. The molecule has 216 valence electrons. The number of carbonyl (C=O) groups excluding carboxylic acids is 1. The van der Waals surface area contributed by atoms with Gasteiger partial charge >= 0.3 is 13.8 Å². The number of aromatic nitrogens is 1. The summed E-state index contributed by atoms with van der Waals surface area (Å²) in [4.78, 5) is 12.5. The number of nitrogens with zero attached hydrogens (tertiary/aromatic N) is 1. The molecule has 9 heteroatoms. The van der Waals surface area contributed by atoms with Crippen molar-refractivity contribution in [2.75, 3.05) is 7.11 Å². The van der Waals surface area contributed by atoms with Gasteiger partial charge < -0.3 is 9.30 Å². The number of hydrogen-bond acceptors (Lipinski definition) is 6. The first-order chi connectivity index (χ1) is 18.9. The van der Waals surface area contributed by atoms with Crippen molar-refractivity contribution in [2.24, 2.45) is 0 Å². The van der Waals surface area contributed by atoms with Gasteiger partial charge in [-0.15, -0.1) is 0 Å². The second-order valence-electron chi connectivity index (χ2n) is 11.4. The van der Waals surface area contributed by atoms with Crippen LogP contribution in [0.3, 0.4) is 0 Å². The van der Waals surface area contributed by atoms with E-state index in [4.69, 9.17) is 18.3 Å². The van der Waals surface area contributed by atoms with Gasteiger partial charge in [0.2, 0.25) is 0 Å². The van der Waals surface area contributed by atoms with Crippen molar-refractivity contribution in [2.45, 2.75) is 84.2 Å². The smallest absolute Gasteiger partial charge is 0.460 e. The number of ether oxygens (including phenoxy) is 1. The number of benzene rings is 2. The number of carbonyl (C=O) groups is 1. The van der Waals surface area contributed by atoms with Gasteiger partial charge in [-0.2, -0.15) is 0 Å². The Morgan fingerprint density at radius 3 is 2.30 bits per heavy atom. The Balaban J connectivity index is 1.65. The van der Waals surface area contributed by atoms with Crippen molar-refractivity contribution < 1.29 is 32.1 Å². The van der Waals surface area contributed by atoms with E-state index in [1.165, 1.54) is 19.2 Å². The van der Waals surface area contributed by atoms with E-state index in [2.05, 4.69) is 36.6 Å². The summed E-state index contributed by atoms with van der Waals surface area (Å²) in [6, 6.07) is 18.8. The highest BCUT2D eigenvalue weighted by Gasteiger charge is 2.41. The van der Waals surface area contributed by atoms with Gasteiger partial charge in [0.15, 0.2) is 0 Å². The number of phosphoric acid groups is 1. The van der Waals surface area contributed by atoms with Crippen LogP contribution in [0.15, 0.2) is 60.7 Å². The summed E-state index contributed by atoms with van der Waals surface area (Å²) < 4.78 is 51.2. The zero-order valence-electron chi connectivity index (χ0n) is 24.1. The van der Waals surface area contributed by atoms with Crippen LogP contribution in [-0.2, 0) is 34.2 Å². The Hall–Kier alpha value is -2.77. The molecule has 0 spiro atoms. The molecule has 1 unspecified atom stereocenters. The maximum Gasteiger partial charge on any atom is 0.475 e. The van der Waals surface area contributed by atoms with Gasteiger partial charge in [-0.3, -0.25) is 18.4 Å². The molecule has 40 heavy (non-hydrogen) atoms. The van der Waals surface area contributed by atoms with Crippen molar-refractivity contribution in [3.63, 3.8) is 0 Å². The third kappa shape index (κ3) is 7.49. The number of esters is 1. The quantitative estimate of drug-likeness (QED) is 0.191. The first-order valence-electron chi connectivity index (χ1n) is 13.7. The van der Waals surface area contributed by atoms with E-state index >= 15 is 0 Å². The molecule has 1 saturated heterocycles. The lowest BCUT2D eigenvalue weighted by atomic mass is 10.0. The largest absolute Gasteiger partial charge is 0.475 e. The average molecular weight is 572 g/mol. The topological polar surface area (TPSA) is 76.0 Å². The molecular weight excluding hydrogens is 532 g/mol. The molecule has 2 heterocycles. The van der Waals surface area contributed by atoms with Crippen molar-refractivity contribution in [3.8, 4) is 22.4 Å². The minimum atomic E-state index is -3.84.